The lowest BCUT2D eigenvalue weighted by Gasteiger charge is -2.26. The number of aromatic nitrogens is 2. The Morgan fingerprint density at radius 1 is 0.936 bits per heavy atom. The van der Waals surface area contributed by atoms with E-state index in [9.17, 15) is 9.59 Å². The van der Waals surface area contributed by atoms with Crippen molar-refractivity contribution in [1.82, 2.24) is 9.55 Å². The van der Waals surface area contributed by atoms with E-state index in [4.69, 9.17) is 26.1 Å². The number of hydrogen-bond donors (Lipinski definition) is 0. The van der Waals surface area contributed by atoms with Crippen molar-refractivity contribution in [3.05, 3.63) is 101 Å². The number of rotatable bonds is 8. The molecule has 7 rings (SSSR count). The van der Waals surface area contributed by atoms with Crippen LogP contribution in [0.5, 0.6) is 5.75 Å². The van der Waals surface area contributed by atoms with Gasteiger partial charge in [0.05, 0.1) is 29.3 Å². The number of amides is 1. The van der Waals surface area contributed by atoms with Crippen LogP contribution in [0.1, 0.15) is 66.9 Å². The van der Waals surface area contributed by atoms with E-state index in [-0.39, 0.29) is 18.6 Å². The molecule has 1 saturated heterocycles. The van der Waals surface area contributed by atoms with Gasteiger partial charge in [0.2, 0.25) is 5.91 Å². The van der Waals surface area contributed by atoms with Crippen LogP contribution in [-0.4, -0.2) is 35.1 Å². The Kier molecular flexibility index (Phi) is 8.69. The highest BCUT2D eigenvalue weighted by Crippen LogP contribution is 2.38. The third-order valence-electron chi connectivity index (χ3n) is 9.26. The smallest absolute Gasteiger partial charge is 0.337 e. The van der Waals surface area contributed by atoms with Gasteiger partial charge in [0.1, 0.15) is 24.0 Å². The van der Waals surface area contributed by atoms with Crippen LogP contribution in [0.2, 0.25) is 5.02 Å². The molecule has 1 saturated carbocycles. The van der Waals surface area contributed by atoms with Gasteiger partial charge in [-0.2, -0.15) is 0 Å². The van der Waals surface area contributed by atoms with Gasteiger partial charge >= 0.3 is 5.97 Å². The van der Waals surface area contributed by atoms with Crippen molar-refractivity contribution in [3.63, 3.8) is 0 Å². The zero-order valence-corrected chi connectivity index (χ0v) is 26.9. The minimum atomic E-state index is -0.447. The second kappa shape index (κ2) is 13.2. The first-order chi connectivity index (χ1) is 22.9. The Balaban J connectivity index is 1.21. The van der Waals surface area contributed by atoms with E-state index in [1.165, 1.54) is 19.6 Å². The fourth-order valence-corrected chi connectivity index (χ4v) is 7.00. The minimum Gasteiger partial charge on any atom is -0.489 e. The molecular formula is C38H35ClFN3O4. The van der Waals surface area contributed by atoms with Crippen molar-refractivity contribution in [2.75, 3.05) is 18.6 Å². The Labute approximate surface area is 277 Å². The lowest BCUT2D eigenvalue weighted by atomic mass is 9.94. The minimum absolute atomic E-state index is 0.106. The average Bonchev–Trinajstić information content (AvgIpc) is 3.70. The molecule has 4 aromatic carbocycles. The van der Waals surface area contributed by atoms with Crippen LogP contribution in [0.15, 0.2) is 78.9 Å². The van der Waals surface area contributed by atoms with Gasteiger partial charge in [-0.3, -0.25) is 4.79 Å². The van der Waals surface area contributed by atoms with Gasteiger partial charge in [-0.05, 0) is 90.6 Å². The lowest BCUT2D eigenvalue weighted by Crippen LogP contribution is -2.23. The fourth-order valence-electron chi connectivity index (χ4n) is 6.87. The van der Waals surface area contributed by atoms with Gasteiger partial charge in [0.15, 0.2) is 0 Å². The van der Waals surface area contributed by atoms with Gasteiger partial charge in [-0.25, -0.2) is 14.2 Å². The van der Waals surface area contributed by atoms with Crippen LogP contribution in [-0.2, 0) is 16.1 Å². The lowest BCUT2D eigenvalue weighted by molar-refractivity contribution is -0.117. The fraction of sp³-hybridized carbons (Fsp3) is 0.289. The number of fused-ring (bicyclic) bond motifs is 1. The highest BCUT2D eigenvalue weighted by atomic mass is 35.5. The molecule has 9 heteroatoms. The van der Waals surface area contributed by atoms with Crippen LogP contribution in [0.3, 0.4) is 0 Å². The van der Waals surface area contributed by atoms with Gasteiger partial charge in [-0.15, -0.1) is 0 Å². The molecule has 1 aromatic heterocycles. The van der Waals surface area contributed by atoms with E-state index in [2.05, 4.69) is 4.57 Å². The van der Waals surface area contributed by atoms with Gasteiger partial charge in [0, 0.05) is 35.8 Å². The Hall–Kier alpha value is -4.69. The number of carbonyl (C=O) groups excluding carboxylic acids is 2. The standard InChI is InChI=1S/C38H35ClFN3O4/c1-46-38(45)25-11-18-35-34(21-25)41-37(43(35)28-6-3-2-4-7-28)32-17-15-30(22-33(32)40)47-23-26-20-29(42-19-5-8-36(42)44)14-16-31(26)24-9-12-27(39)13-10-24/h9-18,20-22,28H,2-8,19,23H2,1H3. The molecule has 1 aliphatic heterocycles. The molecule has 0 bridgehead atoms. The van der Waals surface area contributed by atoms with E-state index in [1.54, 1.807) is 29.2 Å². The largest absolute Gasteiger partial charge is 0.489 e. The maximum absolute atomic E-state index is 16.0. The highest BCUT2D eigenvalue weighted by molar-refractivity contribution is 6.30. The summed E-state index contributed by atoms with van der Waals surface area (Å²) in [6.45, 7) is 0.852. The quantitative estimate of drug-likeness (QED) is 0.156. The molecule has 0 N–H and O–H groups in total. The number of benzene rings is 4. The number of carbonyl (C=O) groups is 2. The summed E-state index contributed by atoms with van der Waals surface area (Å²) in [5, 5.41) is 0.641. The van der Waals surface area contributed by atoms with Crippen LogP contribution >= 0.6 is 11.6 Å². The Morgan fingerprint density at radius 2 is 1.72 bits per heavy atom. The summed E-state index contributed by atoms with van der Waals surface area (Å²) >= 11 is 6.15. The van der Waals surface area contributed by atoms with E-state index < -0.39 is 11.8 Å². The number of methoxy groups -OCH3 is 1. The number of hydrogen-bond acceptors (Lipinski definition) is 5. The van der Waals surface area contributed by atoms with Crippen molar-refractivity contribution >= 4 is 40.2 Å². The van der Waals surface area contributed by atoms with Gasteiger partial charge < -0.3 is 18.9 Å². The summed E-state index contributed by atoms with van der Waals surface area (Å²) in [5.74, 6) is 0.132. The number of anilines is 1. The van der Waals surface area contributed by atoms with Crippen molar-refractivity contribution in [2.24, 2.45) is 0 Å². The van der Waals surface area contributed by atoms with Crippen molar-refractivity contribution in [2.45, 2.75) is 57.6 Å². The van der Waals surface area contributed by atoms with Gasteiger partial charge in [0.25, 0.3) is 0 Å². The van der Waals surface area contributed by atoms with Crippen molar-refractivity contribution in [3.8, 4) is 28.3 Å². The summed E-state index contributed by atoms with van der Waals surface area (Å²) in [7, 11) is 1.35. The molecular weight excluding hydrogens is 617 g/mol. The molecule has 47 heavy (non-hydrogen) atoms. The number of nitrogens with zero attached hydrogens (tertiary/aromatic N) is 3. The Morgan fingerprint density at radius 3 is 2.45 bits per heavy atom. The molecule has 2 fully saturated rings. The number of ether oxygens (including phenoxy) is 2. The third kappa shape index (κ3) is 6.22. The molecule has 0 spiro atoms. The van der Waals surface area contributed by atoms with E-state index in [0.29, 0.717) is 46.2 Å². The highest BCUT2D eigenvalue weighted by Gasteiger charge is 2.26. The molecule has 0 radical (unpaired) electrons. The summed E-state index contributed by atoms with van der Waals surface area (Å²) in [6, 6.07) is 23.9. The number of imidazole rings is 1. The van der Waals surface area contributed by atoms with Crippen molar-refractivity contribution < 1.29 is 23.5 Å². The van der Waals surface area contributed by atoms with Crippen LogP contribution in [0.25, 0.3) is 33.5 Å². The molecule has 7 nitrogen and oxygen atoms in total. The number of halogens is 2. The molecule has 0 unspecified atom stereocenters. The summed E-state index contributed by atoms with van der Waals surface area (Å²) in [5.41, 5.74) is 5.87. The summed E-state index contributed by atoms with van der Waals surface area (Å²) in [6.07, 6.45) is 6.72. The summed E-state index contributed by atoms with van der Waals surface area (Å²) in [4.78, 5) is 31.4. The number of esters is 1. The second-order valence-electron chi connectivity index (χ2n) is 12.2. The van der Waals surface area contributed by atoms with E-state index >= 15 is 4.39 Å². The first-order valence-corrected chi connectivity index (χ1v) is 16.5. The van der Waals surface area contributed by atoms with E-state index in [1.807, 2.05) is 48.5 Å². The van der Waals surface area contributed by atoms with Crippen LogP contribution < -0.4 is 9.64 Å². The Bertz CT molecular complexity index is 1970. The molecule has 1 amide bonds. The van der Waals surface area contributed by atoms with Crippen molar-refractivity contribution in [1.29, 1.82) is 0 Å². The average molecular weight is 652 g/mol. The first-order valence-electron chi connectivity index (χ1n) is 16.1. The second-order valence-corrected chi connectivity index (χ2v) is 12.7. The molecule has 5 aromatic rings. The molecule has 0 atom stereocenters. The monoisotopic (exact) mass is 651 g/mol. The van der Waals surface area contributed by atoms with Crippen LogP contribution in [0.4, 0.5) is 10.1 Å². The molecule has 2 aliphatic rings. The predicted octanol–water partition coefficient (Wildman–Crippen LogP) is 9.16. The molecule has 240 valence electrons. The van der Waals surface area contributed by atoms with Gasteiger partial charge in [-0.1, -0.05) is 49.1 Å². The van der Waals surface area contributed by atoms with Crippen LogP contribution in [0, 0.1) is 5.82 Å². The zero-order valence-electron chi connectivity index (χ0n) is 26.2. The maximum Gasteiger partial charge on any atom is 0.337 e. The maximum atomic E-state index is 16.0. The summed E-state index contributed by atoms with van der Waals surface area (Å²) < 4.78 is 29.3. The zero-order chi connectivity index (χ0) is 32.5. The SMILES string of the molecule is COC(=O)c1ccc2c(c1)nc(-c1ccc(OCc3cc(N4CCCC4=O)ccc3-c3ccc(Cl)cc3)cc1F)n2C1CCCCC1. The molecule has 1 aliphatic carbocycles. The normalized spacial score (nSPS) is 15.4. The topological polar surface area (TPSA) is 73.7 Å². The van der Waals surface area contributed by atoms with E-state index in [0.717, 1.165) is 60.0 Å². The third-order valence-corrected chi connectivity index (χ3v) is 9.51. The molecule has 2 heterocycles. The first kappa shape index (κ1) is 30.9. The predicted molar refractivity (Wildman–Crippen MR) is 181 cm³/mol.